The smallest absolute Gasteiger partial charge is 0.416 e. The van der Waals surface area contributed by atoms with Crippen molar-refractivity contribution in [2.75, 3.05) is 26.8 Å². The van der Waals surface area contributed by atoms with E-state index in [2.05, 4.69) is 0 Å². The van der Waals surface area contributed by atoms with E-state index in [9.17, 15) is 27.6 Å². The number of alkyl halides is 3. The summed E-state index contributed by atoms with van der Waals surface area (Å²) in [5.41, 5.74) is 0.318. The van der Waals surface area contributed by atoms with E-state index in [1.54, 1.807) is 25.5 Å². The number of amides is 1. The zero-order valence-corrected chi connectivity index (χ0v) is 19.5. The third-order valence-corrected chi connectivity index (χ3v) is 6.09. The fourth-order valence-electron chi connectivity index (χ4n) is 4.29. The van der Waals surface area contributed by atoms with Crippen LogP contribution in [0.5, 0.6) is 0 Å². The molecule has 1 aromatic heterocycles. The first-order valence-electron chi connectivity index (χ1n) is 10.8. The van der Waals surface area contributed by atoms with Crippen molar-refractivity contribution in [3.8, 4) is 0 Å². The number of ether oxygens (including phenoxy) is 2. The van der Waals surface area contributed by atoms with Gasteiger partial charge in [0.1, 0.15) is 5.69 Å². The Morgan fingerprint density at radius 3 is 2.53 bits per heavy atom. The molecule has 0 N–H and O–H groups in total. The van der Waals surface area contributed by atoms with Gasteiger partial charge in [0.15, 0.2) is 5.78 Å². The second-order valence-electron chi connectivity index (χ2n) is 8.31. The second kappa shape index (κ2) is 10.0. The lowest BCUT2D eigenvalue weighted by atomic mass is 10.0. The van der Waals surface area contributed by atoms with Crippen LogP contribution >= 0.6 is 0 Å². The molecule has 1 fully saturated rings. The van der Waals surface area contributed by atoms with E-state index in [0.29, 0.717) is 24.3 Å². The highest BCUT2D eigenvalue weighted by atomic mass is 19.4. The van der Waals surface area contributed by atoms with E-state index in [4.69, 9.17) is 9.47 Å². The summed E-state index contributed by atoms with van der Waals surface area (Å²) >= 11 is 0. The van der Waals surface area contributed by atoms with Crippen LogP contribution in [0.25, 0.3) is 0 Å². The van der Waals surface area contributed by atoms with Crippen LogP contribution in [0, 0.1) is 13.8 Å². The van der Waals surface area contributed by atoms with Crippen LogP contribution in [-0.2, 0) is 22.7 Å². The summed E-state index contributed by atoms with van der Waals surface area (Å²) in [6, 6.07) is 4.12. The van der Waals surface area contributed by atoms with Crippen molar-refractivity contribution in [2.24, 2.45) is 7.05 Å². The maximum atomic E-state index is 13.3. The SMILES string of the molecule is COC(=O)c1c(C)c(C(=O)CN(CC2CCCO2)C(=O)c2cccc(C(F)(F)F)c2)c(C)n1C. The van der Waals surface area contributed by atoms with Crippen LogP contribution in [0.3, 0.4) is 0 Å². The van der Waals surface area contributed by atoms with Gasteiger partial charge in [0.2, 0.25) is 0 Å². The first kappa shape index (κ1) is 25.5. The molecule has 0 spiro atoms. The molecule has 184 valence electrons. The van der Waals surface area contributed by atoms with Gasteiger partial charge in [-0.25, -0.2) is 4.79 Å². The van der Waals surface area contributed by atoms with Crippen molar-refractivity contribution in [1.82, 2.24) is 9.47 Å². The molecule has 2 aromatic rings. The van der Waals surface area contributed by atoms with E-state index in [1.807, 2.05) is 0 Å². The third kappa shape index (κ3) is 5.16. The van der Waals surface area contributed by atoms with Gasteiger partial charge in [0.05, 0.1) is 25.3 Å². The quantitative estimate of drug-likeness (QED) is 0.443. The first-order valence-corrected chi connectivity index (χ1v) is 10.8. The van der Waals surface area contributed by atoms with Crippen LogP contribution in [0.2, 0.25) is 0 Å². The van der Waals surface area contributed by atoms with Crippen molar-refractivity contribution in [3.05, 3.63) is 57.9 Å². The van der Waals surface area contributed by atoms with Gasteiger partial charge in [-0.1, -0.05) is 6.07 Å². The summed E-state index contributed by atoms with van der Waals surface area (Å²) < 4.78 is 51.5. The first-order chi connectivity index (χ1) is 16.0. The third-order valence-electron chi connectivity index (χ3n) is 6.09. The highest BCUT2D eigenvalue weighted by molar-refractivity contribution is 6.06. The Morgan fingerprint density at radius 1 is 1.24 bits per heavy atom. The number of carbonyl (C=O) groups is 3. The van der Waals surface area contributed by atoms with Gasteiger partial charge in [0.25, 0.3) is 5.91 Å². The largest absolute Gasteiger partial charge is 0.464 e. The van der Waals surface area contributed by atoms with Crippen LogP contribution < -0.4 is 0 Å². The topological polar surface area (TPSA) is 77.8 Å². The van der Waals surface area contributed by atoms with E-state index in [1.165, 1.54) is 18.1 Å². The normalized spacial score (nSPS) is 15.9. The van der Waals surface area contributed by atoms with Gasteiger partial charge in [-0.05, 0) is 50.5 Å². The Balaban J connectivity index is 1.94. The van der Waals surface area contributed by atoms with E-state index >= 15 is 0 Å². The highest BCUT2D eigenvalue weighted by Gasteiger charge is 2.33. The van der Waals surface area contributed by atoms with Crippen molar-refractivity contribution in [1.29, 1.82) is 0 Å². The number of aromatic nitrogens is 1. The monoisotopic (exact) mass is 480 g/mol. The molecule has 1 unspecified atom stereocenters. The van der Waals surface area contributed by atoms with Gasteiger partial charge in [-0.15, -0.1) is 0 Å². The second-order valence-corrected chi connectivity index (χ2v) is 8.31. The zero-order valence-electron chi connectivity index (χ0n) is 19.5. The Kier molecular flexibility index (Phi) is 7.50. The van der Waals surface area contributed by atoms with Crippen molar-refractivity contribution >= 4 is 17.7 Å². The number of ketones is 1. The molecule has 1 aliphatic rings. The minimum atomic E-state index is -4.60. The average molecular weight is 480 g/mol. The molecule has 3 rings (SSSR count). The summed E-state index contributed by atoms with van der Waals surface area (Å²) in [7, 11) is 2.87. The van der Waals surface area contributed by atoms with Gasteiger partial charge >= 0.3 is 12.1 Å². The molecule has 7 nitrogen and oxygen atoms in total. The highest BCUT2D eigenvalue weighted by Crippen LogP contribution is 2.30. The predicted octanol–water partition coefficient (Wildman–Crippen LogP) is 3.95. The van der Waals surface area contributed by atoms with Crippen molar-refractivity contribution < 1.29 is 37.0 Å². The van der Waals surface area contributed by atoms with E-state index in [0.717, 1.165) is 24.6 Å². The van der Waals surface area contributed by atoms with Crippen LogP contribution in [-0.4, -0.2) is 60.0 Å². The number of halogens is 3. The minimum Gasteiger partial charge on any atom is -0.464 e. The lowest BCUT2D eigenvalue weighted by Gasteiger charge is -2.25. The number of carbonyl (C=O) groups excluding carboxylic acids is 3. The fourth-order valence-corrected chi connectivity index (χ4v) is 4.29. The number of methoxy groups -OCH3 is 1. The molecular weight excluding hydrogens is 453 g/mol. The number of hydrogen-bond donors (Lipinski definition) is 0. The molecule has 2 heterocycles. The number of Topliss-reactive ketones (excluding diaryl/α,β-unsaturated/α-hetero) is 1. The standard InChI is InChI=1S/C24H27F3N2O5/c1-14-20(15(2)28(3)21(14)23(32)33-4)19(30)13-29(12-18-9-6-10-34-18)22(31)16-7-5-8-17(11-16)24(25,26)27/h5,7-8,11,18H,6,9-10,12-13H2,1-4H3. The maximum Gasteiger partial charge on any atom is 0.416 e. The van der Waals surface area contributed by atoms with Gasteiger partial charge in [-0.2, -0.15) is 13.2 Å². The Labute approximate surface area is 195 Å². The van der Waals surface area contributed by atoms with Crippen LogP contribution in [0.1, 0.15) is 60.9 Å². The van der Waals surface area contributed by atoms with Crippen molar-refractivity contribution in [3.63, 3.8) is 0 Å². The number of benzene rings is 1. The Morgan fingerprint density at radius 2 is 1.94 bits per heavy atom. The lowest BCUT2D eigenvalue weighted by molar-refractivity contribution is -0.137. The molecule has 34 heavy (non-hydrogen) atoms. The maximum absolute atomic E-state index is 13.3. The molecule has 0 aliphatic carbocycles. The Bertz CT molecular complexity index is 1100. The van der Waals surface area contributed by atoms with Gasteiger partial charge < -0.3 is 18.9 Å². The Hall–Kier alpha value is -3.14. The number of nitrogens with zero attached hydrogens (tertiary/aromatic N) is 2. The van der Waals surface area contributed by atoms with Crippen LogP contribution in [0.15, 0.2) is 24.3 Å². The summed E-state index contributed by atoms with van der Waals surface area (Å²) in [6.45, 7) is 3.50. The fraction of sp³-hybridized carbons (Fsp3) is 0.458. The molecule has 0 radical (unpaired) electrons. The van der Waals surface area contributed by atoms with E-state index in [-0.39, 0.29) is 36.0 Å². The molecule has 1 atom stereocenters. The lowest BCUT2D eigenvalue weighted by Crippen LogP contribution is -2.41. The molecule has 1 aromatic carbocycles. The molecule has 1 saturated heterocycles. The summed E-state index contributed by atoms with van der Waals surface area (Å²) in [4.78, 5) is 40.0. The summed E-state index contributed by atoms with van der Waals surface area (Å²) in [5, 5.41) is 0. The zero-order chi connectivity index (χ0) is 25.2. The number of hydrogen-bond acceptors (Lipinski definition) is 5. The summed E-state index contributed by atoms with van der Waals surface area (Å²) in [5.74, 6) is -1.73. The predicted molar refractivity (Wildman–Crippen MR) is 117 cm³/mol. The van der Waals surface area contributed by atoms with Crippen LogP contribution in [0.4, 0.5) is 13.2 Å². The van der Waals surface area contributed by atoms with Gasteiger partial charge in [0, 0.05) is 37.0 Å². The number of rotatable bonds is 7. The molecule has 0 saturated carbocycles. The molecule has 0 bridgehead atoms. The van der Waals surface area contributed by atoms with Crippen molar-refractivity contribution in [2.45, 2.75) is 39.0 Å². The average Bonchev–Trinajstić information content (AvgIpc) is 3.38. The summed E-state index contributed by atoms with van der Waals surface area (Å²) in [6.07, 6.45) is -3.44. The van der Waals surface area contributed by atoms with E-state index < -0.39 is 29.4 Å². The molecule has 10 heteroatoms. The minimum absolute atomic E-state index is 0.0651. The molecule has 1 amide bonds. The van der Waals surface area contributed by atoms with Gasteiger partial charge in [-0.3, -0.25) is 9.59 Å². The molecular formula is C24H27F3N2O5. The number of esters is 1. The molecule has 1 aliphatic heterocycles.